The first kappa shape index (κ1) is 24.2. The van der Waals surface area contributed by atoms with Crippen molar-refractivity contribution in [1.82, 2.24) is 6.15 Å². The smallest absolute Gasteiger partial charge is 0.396 e. The molecule has 0 aromatic carbocycles. The molecule has 0 saturated heterocycles. The van der Waals surface area contributed by atoms with E-state index in [1.165, 1.54) is 0 Å². The molecule has 0 fully saturated rings. The zero-order chi connectivity index (χ0) is 10.7. The standard InChI is InChI=1S/3HIO3.H3N/c3*2-1(3)4;/h3*2H;1H3. The first-order chi connectivity index (χ1) is 5.20. The lowest BCUT2D eigenvalue weighted by molar-refractivity contribution is -1.63. The summed E-state index contributed by atoms with van der Waals surface area (Å²) in [6.07, 6.45) is 0. The van der Waals surface area contributed by atoms with Gasteiger partial charge in [0.15, 0.2) is 0 Å². The Morgan fingerprint density at radius 3 is 0.538 bits per heavy atom. The zero-order valence-corrected chi connectivity index (χ0v) is 12.1. The summed E-state index contributed by atoms with van der Waals surface area (Å²) in [5, 5.41) is 0. The molecular weight excluding hydrogens is 539 g/mol. The summed E-state index contributed by atoms with van der Waals surface area (Å²) in [5.74, 6) is 0. The highest BCUT2D eigenvalue weighted by atomic mass is 127. The summed E-state index contributed by atoms with van der Waals surface area (Å²) in [6, 6.07) is 0. The fourth-order valence-electron chi connectivity index (χ4n) is 0. The monoisotopic (exact) mass is 545 g/mol. The van der Waals surface area contributed by atoms with Crippen molar-refractivity contribution in [3.8, 4) is 0 Å². The minimum absolute atomic E-state index is 0. The summed E-state index contributed by atoms with van der Waals surface area (Å²) < 4.78 is 73.4. The molecule has 0 heterocycles. The molecule has 13 heavy (non-hydrogen) atoms. The van der Waals surface area contributed by atoms with E-state index in [1.54, 1.807) is 0 Å². The molecular formula is H6I3NO9. The third-order valence-corrected chi connectivity index (χ3v) is 0. The maximum atomic E-state index is 8.68. The molecule has 86 valence electrons. The Balaban J connectivity index is -0.0000000450. The van der Waals surface area contributed by atoms with Crippen molar-refractivity contribution in [1.29, 1.82) is 0 Å². The van der Waals surface area contributed by atoms with Gasteiger partial charge in [-0.1, -0.05) is 0 Å². The Kier molecular flexibility index (Phi) is 36.0. The van der Waals surface area contributed by atoms with E-state index in [9.17, 15) is 0 Å². The average Bonchev–Trinajstić information content (AvgIpc) is 1.54. The fraction of sp³-hybridized carbons (Fsp3) is 0. The van der Waals surface area contributed by atoms with Crippen LogP contribution in [0.4, 0.5) is 0 Å². The average molecular weight is 545 g/mol. The number of halogens is 3. The van der Waals surface area contributed by atoms with Gasteiger partial charge in [0.05, 0.1) is 0 Å². The van der Waals surface area contributed by atoms with Gasteiger partial charge in [0.2, 0.25) is 0 Å². The van der Waals surface area contributed by atoms with Crippen molar-refractivity contribution in [3.05, 3.63) is 0 Å². The molecule has 0 amide bonds. The molecule has 0 aliphatic carbocycles. The molecule has 0 atom stereocenters. The van der Waals surface area contributed by atoms with E-state index in [0.717, 1.165) is 0 Å². The van der Waals surface area contributed by atoms with Gasteiger partial charge in [-0.05, 0) is 10.3 Å². The van der Waals surface area contributed by atoms with Gasteiger partial charge >= 0.3 is 63.2 Å². The van der Waals surface area contributed by atoms with Crippen LogP contribution in [0.3, 0.4) is 0 Å². The Bertz CT molecular complexity index is 43.4. The third-order valence-electron chi connectivity index (χ3n) is 0. The van der Waals surface area contributed by atoms with Crippen LogP contribution in [0.5, 0.6) is 0 Å². The lowest BCUT2D eigenvalue weighted by Crippen LogP contribution is -3.98. The minimum atomic E-state index is -3.76. The van der Waals surface area contributed by atoms with Gasteiger partial charge in [-0.3, -0.25) is 0 Å². The maximum Gasteiger partial charge on any atom is 0.503 e. The van der Waals surface area contributed by atoms with Gasteiger partial charge in [0.25, 0.3) is 0 Å². The molecule has 0 aliphatic rings. The molecule has 0 rings (SSSR count). The van der Waals surface area contributed by atoms with E-state index in [4.69, 9.17) is 30.9 Å². The normalized spacial score (nSPS) is 8.31. The Morgan fingerprint density at radius 2 is 0.538 bits per heavy atom. The van der Waals surface area contributed by atoms with Gasteiger partial charge in [0, 0.05) is 0 Å². The van der Waals surface area contributed by atoms with E-state index in [2.05, 4.69) is 0 Å². The van der Waals surface area contributed by atoms with E-state index >= 15 is 0 Å². The van der Waals surface area contributed by atoms with Crippen molar-refractivity contribution < 1.29 is 94.1 Å². The molecule has 0 bridgehead atoms. The topological polar surface area (TPSA) is 234 Å². The Labute approximate surface area is 99.2 Å². The molecule has 6 N–H and O–H groups in total. The quantitative estimate of drug-likeness (QED) is 0.210. The van der Waals surface area contributed by atoms with Crippen molar-refractivity contribution >= 4 is 0 Å². The summed E-state index contributed by atoms with van der Waals surface area (Å²) >= 11 is -11.3. The van der Waals surface area contributed by atoms with Crippen molar-refractivity contribution in [2.75, 3.05) is 0 Å². The lowest BCUT2D eigenvalue weighted by Gasteiger charge is -1.67. The van der Waals surface area contributed by atoms with Crippen LogP contribution >= 0.6 is 0 Å². The summed E-state index contributed by atoms with van der Waals surface area (Å²) in [4.78, 5) is 0. The van der Waals surface area contributed by atoms with Gasteiger partial charge < -0.3 is 26.8 Å². The Morgan fingerprint density at radius 1 is 0.538 bits per heavy atom. The number of hydrogen-bond acceptors (Lipinski definition) is 10. The number of hydrogen-bond donors (Lipinski definition) is 4. The first-order valence-corrected chi connectivity index (χ1v) is 9.61. The van der Waals surface area contributed by atoms with Crippen LogP contribution in [0.25, 0.3) is 0 Å². The van der Waals surface area contributed by atoms with Crippen molar-refractivity contribution in [2.45, 2.75) is 0 Å². The van der Waals surface area contributed by atoms with Crippen LogP contribution in [-0.2, 0) is 0 Å². The van der Waals surface area contributed by atoms with Gasteiger partial charge in [-0.25, -0.2) is 0 Å². The SMILES string of the molecule is N.[O-][I+2]([O-])O.[O-][I+2]([O-])O.[O-][I+2]([O-])O. The second-order valence-electron chi connectivity index (χ2n) is 0.603. The maximum absolute atomic E-state index is 8.68. The number of rotatable bonds is 0. The molecule has 10 nitrogen and oxygen atoms in total. The molecule has 0 spiro atoms. The lowest BCUT2D eigenvalue weighted by atomic mass is 14.0. The predicted molar refractivity (Wildman–Crippen MR) is 11.7 cm³/mol. The highest BCUT2D eigenvalue weighted by Crippen LogP contribution is 0.257. The van der Waals surface area contributed by atoms with E-state index < -0.39 is 63.2 Å². The third kappa shape index (κ3) is 598. The molecule has 13 heteroatoms. The van der Waals surface area contributed by atoms with Crippen LogP contribution in [-0.4, -0.2) is 10.3 Å². The summed E-state index contributed by atoms with van der Waals surface area (Å²) in [5.41, 5.74) is 0. The summed E-state index contributed by atoms with van der Waals surface area (Å²) in [7, 11) is 0. The highest BCUT2D eigenvalue weighted by molar-refractivity contribution is 2.13. The van der Waals surface area contributed by atoms with E-state index in [1.807, 2.05) is 0 Å². The fourth-order valence-corrected chi connectivity index (χ4v) is 0. The van der Waals surface area contributed by atoms with Gasteiger partial charge in [0.1, 0.15) is 0 Å². The van der Waals surface area contributed by atoms with Gasteiger partial charge in [-0.15, -0.1) is 0 Å². The minimum Gasteiger partial charge on any atom is -0.396 e. The van der Waals surface area contributed by atoms with Crippen LogP contribution in [0, 0.1) is 0 Å². The van der Waals surface area contributed by atoms with Gasteiger partial charge in [-0.2, -0.15) is 0 Å². The van der Waals surface area contributed by atoms with Crippen molar-refractivity contribution in [3.63, 3.8) is 0 Å². The molecule has 0 unspecified atom stereocenters. The molecule has 0 saturated carbocycles. The van der Waals surface area contributed by atoms with Crippen LogP contribution in [0.1, 0.15) is 0 Å². The molecule has 0 aromatic heterocycles. The molecule has 0 aromatic rings. The van der Waals surface area contributed by atoms with E-state index in [-0.39, 0.29) is 6.15 Å². The van der Waals surface area contributed by atoms with E-state index in [0.29, 0.717) is 0 Å². The highest BCUT2D eigenvalue weighted by Gasteiger charge is 1.90. The van der Waals surface area contributed by atoms with Crippen molar-refractivity contribution in [2.24, 2.45) is 0 Å². The second kappa shape index (κ2) is 19.4. The first-order valence-electron chi connectivity index (χ1n) is 1.43. The Hall–Kier alpha value is 1.79. The molecule has 0 aliphatic heterocycles. The van der Waals surface area contributed by atoms with Crippen LogP contribution in [0.2, 0.25) is 0 Å². The molecule has 0 radical (unpaired) electrons. The summed E-state index contributed by atoms with van der Waals surface area (Å²) in [6.45, 7) is 0. The second-order valence-corrected chi connectivity index (χ2v) is 4.05. The van der Waals surface area contributed by atoms with Crippen LogP contribution < -0.4 is 90.0 Å². The zero-order valence-electron chi connectivity index (χ0n) is 5.63. The largest absolute Gasteiger partial charge is 0.503 e. The van der Waals surface area contributed by atoms with Crippen LogP contribution in [0.15, 0.2) is 0 Å². The predicted octanol–water partition coefficient (Wildman–Crippen LogP) is -17.6.